The molecule has 65 heavy (non-hydrogen) atoms. The molecule has 0 bridgehead atoms. The van der Waals surface area contributed by atoms with Gasteiger partial charge < -0.3 is 14.6 Å². The summed E-state index contributed by atoms with van der Waals surface area (Å²) < 4.78 is 0. The summed E-state index contributed by atoms with van der Waals surface area (Å²) in [6, 6.07) is 90.9. The molecular formula is C61H44BN3. The van der Waals surface area contributed by atoms with E-state index in [2.05, 4.69) is 270 Å². The van der Waals surface area contributed by atoms with Gasteiger partial charge in [0.2, 0.25) is 0 Å². The normalized spacial score (nSPS) is 12.3. The maximum atomic E-state index is 2.61. The van der Waals surface area contributed by atoms with Gasteiger partial charge >= 0.3 is 6.85 Å². The van der Waals surface area contributed by atoms with Gasteiger partial charge in [-0.05, 0) is 147 Å². The Bertz CT molecular complexity index is 3300. The summed E-state index contributed by atoms with van der Waals surface area (Å²) in [5.74, 6) is 0. The second kappa shape index (κ2) is 16.1. The third kappa shape index (κ3) is 6.70. The molecule has 2 aliphatic rings. The van der Waals surface area contributed by atoms with Crippen LogP contribution in [0.3, 0.4) is 0 Å². The molecule has 0 aromatic heterocycles. The van der Waals surface area contributed by atoms with Crippen LogP contribution in [0, 0.1) is 6.92 Å². The molecule has 10 aromatic carbocycles. The first-order valence-corrected chi connectivity index (χ1v) is 22.5. The Morgan fingerprint density at radius 1 is 0.338 bits per heavy atom. The molecule has 2 aliphatic heterocycles. The van der Waals surface area contributed by atoms with Crippen LogP contribution in [0.4, 0.5) is 45.5 Å². The molecule has 0 spiro atoms. The maximum Gasteiger partial charge on any atom is 0.333 e. The highest BCUT2D eigenvalue weighted by atomic mass is 15.2. The van der Waals surface area contributed by atoms with Gasteiger partial charge in [0, 0.05) is 51.1 Å². The SMILES string of the molecule is Cc1cc(-c2ccccc2)ccc1N1c2ccc(N(c3ccccc3)c3ccccc3)cc2B2c3c(cc(-c4ccccc4)cc31)-c1ccccc1N2c1cccc(-c2ccccc2)c1. The molecule has 3 nitrogen and oxygen atoms in total. The first-order valence-electron chi connectivity index (χ1n) is 22.5. The minimum Gasteiger partial charge on any atom is -0.376 e. The third-order valence-electron chi connectivity index (χ3n) is 13.1. The quantitative estimate of drug-likeness (QED) is 0.141. The van der Waals surface area contributed by atoms with Crippen molar-refractivity contribution in [2.24, 2.45) is 0 Å². The second-order valence-corrected chi connectivity index (χ2v) is 17.0. The van der Waals surface area contributed by atoms with Crippen molar-refractivity contribution in [3.63, 3.8) is 0 Å². The molecule has 306 valence electrons. The van der Waals surface area contributed by atoms with Crippen molar-refractivity contribution in [3.8, 4) is 44.5 Å². The molecule has 0 atom stereocenters. The lowest BCUT2D eigenvalue weighted by Gasteiger charge is -2.46. The van der Waals surface area contributed by atoms with E-state index in [9.17, 15) is 0 Å². The molecule has 10 aromatic rings. The van der Waals surface area contributed by atoms with Gasteiger partial charge in [0.25, 0.3) is 0 Å². The number of fused-ring (bicyclic) bond motifs is 4. The summed E-state index contributed by atoms with van der Waals surface area (Å²) in [4.78, 5) is 7.54. The van der Waals surface area contributed by atoms with Gasteiger partial charge in [0.05, 0.1) is 0 Å². The smallest absolute Gasteiger partial charge is 0.333 e. The van der Waals surface area contributed by atoms with Gasteiger partial charge in [-0.3, -0.25) is 0 Å². The van der Waals surface area contributed by atoms with Gasteiger partial charge in [-0.15, -0.1) is 0 Å². The largest absolute Gasteiger partial charge is 0.376 e. The Morgan fingerprint density at radius 2 is 0.877 bits per heavy atom. The highest BCUT2D eigenvalue weighted by Gasteiger charge is 2.45. The zero-order valence-corrected chi connectivity index (χ0v) is 36.1. The minimum atomic E-state index is -0.172. The zero-order valence-electron chi connectivity index (χ0n) is 36.1. The Morgan fingerprint density at radius 3 is 1.51 bits per heavy atom. The number of hydrogen-bond donors (Lipinski definition) is 0. The molecule has 0 unspecified atom stereocenters. The van der Waals surface area contributed by atoms with E-state index in [4.69, 9.17) is 0 Å². The predicted octanol–water partition coefficient (Wildman–Crippen LogP) is 15.2. The van der Waals surface area contributed by atoms with Gasteiger partial charge in [-0.25, -0.2) is 0 Å². The third-order valence-corrected chi connectivity index (χ3v) is 13.1. The van der Waals surface area contributed by atoms with E-state index in [1.54, 1.807) is 0 Å². The van der Waals surface area contributed by atoms with Crippen molar-refractivity contribution < 1.29 is 0 Å². The molecule has 0 aliphatic carbocycles. The molecule has 0 saturated carbocycles. The van der Waals surface area contributed by atoms with Crippen LogP contribution in [0.25, 0.3) is 44.5 Å². The molecule has 12 rings (SSSR count). The molecule has 0 fully saturated rings. The van der Waals surface area contributed by atoms with Crippen LogP contribution in [0.5, 0.6) is 0 Å². The van der Waals surface area contributed by atoms with Crippen LogP contribution in [0.2, 0.25) is 0 Å². The molecule has 4 heteroatoms. The number of aryl methyl sites for hydroxylation is 1. The van der Waals surface area contributed by atoms with Gasteiger partial charge in [0.15, 0.2) is 0 Å². The first-order chi connectivity index (χ1) is 32.2. The van der Waals surface area contributed by atoms with Crippen molar-refractivity contribution in [2.75, 3.05) is 14.6 Å². The van der Waals surface area contributed by atoms with Crippen molar-refractivity contribution in [3.05, 3.63) is 254 Å². The summed E-state index contributed by atoms with van der Waals surface area (Å²) in [6.07, 6.45) is 0. The van der Waals surface area contributed by atoms with E-state index in [1.165, 1.54) is 72.4 Å². The van der Waals surface area contributed by atoms with Crippen molar-refractivity contribution in [2.45, 2.75) is 6.92 Å². The van der Waals surface area contributed by atoms with E-state index in [-0.39, 0.29) is 6.85 Å². The topological polar surface area (TPSA) is 9.72 Å². The Labute approximate surface area is 381 Å². The Kier molecular flexibility index (Phi) is 9.49. The van der Waals surface area contributed by atoms with Crippen LogP contribution in [-0.2, 0) is 0 Å². The van der Waals surface area contributed by atoms with Gasteiger partial charge in [0.1, 0.15) is 0 Å². The van der Waals surface area contributed by atoms with Crippen LogP contribution in [0.15, 0.2) is 249 Å². The molecular weight excluding hydrogens is 786 g/mol. The molecule has 0 N–H and O–H groups in total. The molecule has 0 amide bonds. The summed E-state index contributed by atoms with van der Waals surface area (Å²) >= 11 is 0. The Balaban J connectivity index is 1.16. The van der Waals surface area contributed by atoms with Crippen LogP contribution in [-0.4, -0.2) is 6.85 Å². The number of nitrogens with zero attached hydrogens (tertiary/aromatic N) is 3. The number of benzene rings is 10. The van der Waals surface area contributed by atoms with E-state index < -0.39 is 0 Å². The van der Waals surface area contributed by atoms with Crippen molar-refractivity contribution >= 4 is 63.3 Å². The number of para-hydroxylation sites is 3. The van der Waals surface area contributed by atoms with E-state index in [0.29, 0.717) is 0 Å². The van der Waals surface area contributed by atoms with Crippen molar-refractivity contribution in [1.82, 2.24) is 0 Å². The number of rotatable bonds is 8. The van der Waals surface area contributed by atoms with Crippen LogP contribution < -0.4 is 25.5 Å². The zero-order chi connectivity index (χ0) is 43.3. The van der Waals surface area contributed by atoms with Crippen LogP contribution >= 0.6 is 0 Å². The summed E-state index contributed by atoms with van der Waals surface area (Å²) in [5.41, 5.74) is 22.5. The summed E-state index contributed by atoms with van der Waals surface area (Å²) in [5, 5.41) is 0. The second-order valence-electron chi connectivity index (χ2n) is 17.0. The standard InChI is InChI=1S/C61H44BN3/c1-43-38-48(45-22-9-3-10-23-45)34-36-57(43)64-59-37-35-52(63(50-27-13-5-14-28-50)51-29-15-6-16-30-51)42-56(59)62-61-55(40-49(41-60(61)64)46-24-11-4-12-25-46)54-32-17-18-33-58(54)65(62)53-31-19-26-47(39-53)44-20-7-2-8-21-44/h2-42H,1H3. The van der Waals surface area contributed by atoms with Gasteiger partial charge in [-0.1, -0.05) is 164 Å². The highest BCUT2D eigenvalue weighted by molar-refractivity contribution is 6.93. The molecule has 0 saturated heterocycles. The lowest BCUT2D eigenvalue weighted by molar-refractivity contribution is 1.23. The van der Waals surface area contributed by atoms with E-state index in [1.807, 2.05) is 0 Å². The fourth-order valence-corrected chi connectivity index (χ4v) is 10.2. The van der Waals surface area contributed by atoms with Gasteiger partial charge in [-0.2, -0.15) is 0 Å². The first kappa shape index (κ1) is 38.3. The molecule has 2 heterocycles. The maximum absolute atomic E-state index is 2.61. The highest BCUT2D eigenvalue weighted by Crippen LogP contribution is 2.50. The monoisotopic (exact) mass is 829 g/mol. The Hall–Kier alpha value is -8.34. The average molecular weight is 830 g/mol. The van der Waals surface area contributed by atoms with E-state index in [0.717, 1.165) is 34.1 Å². The summed E-state index contributed by atoms with van der Waals surface area (Å²) in [6.45, 7) is 2.09. The predicted molar refractivity (Wildman–Crippen MR) is 276 cm³/mol. The lowest BCUT2D eigenvalue weighted by atomic mass is 9.43. The van der Waals surface area contributed by atoms with Crippen molar-refractivity contribution in [1.29, 1.82) is 0 Å². The fourth-order valence-electron chi connectivity index (χ4n) is 10.2. The summed E-state index contributed by atoms with van der Waals surface area (Å²) in [7, 11) is 0. The molecule has 0 radical (unpaired) electrons. The number of hydrogen-bond acceptors (Lipinski definition) is 3. The number of anilines is 8. The average Bonchev–Trinajstić information content (AvgIpc) is 3.38. The van der Waals surface area contributed by atoms with E-state index >= 15 is 0 Å². The lowest BCUT2D eigenvalue weighted by Crippen LogP contribution is -2.61. The fraction of sp³-hybridized carbons (Fsp3) is 0.0164. The minimum absolute atomic E-state index is 0.172. The van der Waals surface area contributed by atoms with Crippen LogP contribution in [0.1, 0.15) is 5.56 Å².